The third kappa shape index (κ3) is 4.55. The van der Waals surface area contributed by atoms with Gasteiger partial charge in [-0.25, -0.2) is 0 Å². The normalized spacial score (nSPS) is 18.5. The van der Waals surface area contributed by atoms with Gasteiger partial charge in [-0.15, -0.1) is 0 Å². The third-order valence-corrected chi connectivity index (χ3v) is 4.33. The summed E-state index contributed by atoms with van der Waals surface area (Å²) >= 11 is 0. The molecule has 1 atom stereocenters. The van der Waals surface area contributed by atoms with Crippen molar-refractivity contribution in [2.75, 3.05) is 19.6 Å². The number of carbonyl (C=O) groups is 1. The van der Waals surface area contributed by atoms with Gasteiger partial charge in [-0.3, -0.25) is 9.69 Å². The number of aryl methyl sites for hydroxylation is 2. The van der Waals surface area contributed by atoms with Crippen LogP contribution >= 0.6 is 0 Å². The van der Waals surface area contributed by atoms with Crippen molar-refractivity contribution >= 4 is 5.91 Å². The highest BCUT2D eigenvalue weighted by Gasteiger charge is 2.19. The van der Waals surface area contributed by atoms with Gasteiger partial charge in [0.2, 0.25) is 5.91 Å². The molecule has 1 aliphatic rings. The quantitative estimate of drug-likeness (QED) is 0.891. The van der Waals surface area contributed by atoms with E-state index in [1.165, 1.54) is 11.1 Å². The second-order valence-corrected chi connectivity index (χ2v) is 6.14. The molecule has 0 radical (unpaired) electrons. The first kappa shape index (κ1) is 16.0. The number of likely N-dealkylation sites (tertiary alicyclic amines) is 1. The summed E-state index contributed by atoms with van der Waals surface area (Å²) < 4.78 is 0. The van der Waals surface area contributed by atoms with E-state index in [1.54, 1.807) is 0 Å². The summed E-state index contributed by atoms with van der Waals surface area (Å²) in [7, 11) is 0. The Balaban J connectivity index is 1.85. The monoisotopic (exact) mass is 290 g/mol. The van der Waals surface area contributed by atoms with Gasteiger partial charge in [0.15, 0.2) is 0 Å². The Morgan fingerprint density at radius 1 is 1.33 bits per heavy atom. The average molecular weight is 290 g/mol. The lowest BCUT2D eigenvalue weighted by molar-refractivity contribution is -0.123. The van der Waals surface area contributed by atoms with Crippen molar-refractivity contribution in [3.8, 4) is 0 Å². The Morgan fingerprint density at radius 2 is 2.00 bits per heavy atom. The van der Waals surface area contributed by atoms with Crippen molar-refractivity contribution in [1.29, 1.82) is 0 Å². The van der Waals surface area contributed by atoms with Gasteiger partial charge in [0, 0.05) is 13.1 Å². The summed E-state index contributed by atoms with van der Waals surface area (Å²) in [6.07, 6.45) is 1.33. The number of benzene rings is 1. The summed E-state index contributed by atoms with van der Waals surface area (Å²) in [5.41, 5.74) is 3.66. The van der Waals surface area contributed by atoms with Crippen LogP contribution in [0, 0.1) is 13.8 Å². The predicted octanol–water partition coefficient (Wildman–Crippen LogP) is 1.94. The maximum absolute atomic E-state index is 12.1. The van der Waals surface area contributed by atoms with E-state index in [9.17, 15) is 9.90 Å². The van der Waals surface area contributed by atoms with Crippen molar-refractivity contribution in [3.05, 3.63) is 34.9 Å². The average Bonchev–Trinajstić information content (AvgIpc) is 2.44. The molecule has 116 valence electrons. The summed E-state index contributed by atoms with van der Waals surface area (Å²) in [5.74, 6) is 0.0529. The molecular formula is C17H26N2O2. The largest absolute Gasteiger partial charge is 0.393 e. The fourth-order valence-electron chi connectivity index (χ4n) is 2.68. The molecule has 2 rings (SSSR count). The standard InChI is InChI=1S/C17H26N2O2/c1-12-4-5-15(10-13(12)2)14(3)18-17(21)11-19-8-6-16(20)7-9-19/h4-5,10,14,16,20H,6-9,11H2,1-3H3,(H,18,21)/t14-/m0/s1. The Hall–Kier alpha value is -1.39. The van der Waals surface area contributed by atoms with Crippen molar-refractivity contribution in [3.63, 3.8) is 0 Å². The van der Waals surface area contributed by atoms with Crippen LogP contribution in [0.2, 0.25) is 0 Å². The molecule has 0 bridgehead atoms. The second-order valence-electron chi connectivity index (χ2n) is 6.14. The topological polar surface area (TPSA) is 52.6 Å². The molecule has 1 amide bonds. The molecule has 1 aliphatic heterocycles. The van der Waals surface area contributed by atoms with Crippen LogP contribution in [-0.2, 0) is 4.79 Å². The summed E-state index contributed by atoms with van der Waals surface area (Å²) in [5, 5.41) is 12.5. The lowest BCUT2D eigenvalue weighted by atomic mass is 10.0. The Morgan fingerprint density at radius 3 is 2.62 bits per heavy atom. The van der Waals surface area contributed by atoms with E-state index in [2.05, 4.69) is 42.3 Å². The molecule has 0 aromatic heterocycles. The first-order valence-corrected chi connectivity index (χ1v) is 7.72. The molecule has 0 saturated carbocycles. The van der Waals surface area contributed by atoms with Gasteiger partial charge < -0.3 is 10.4 Å². The van der Waals surface area contributed by atoms with Gasteiger partial charge in [0.1, 0.15) is 0 Å². The minimum Gasteiger partial charge on any atom is -0.393 e. The number of amides is 1. The van der Waals surface area contributed by atoms with E-state index in [0.29, 0.717) is 6.54 Å². The number of piperidine rings is 1. The summed E-state index contributed by atoms with van der Waals surface area (Å²) in [6.45, 7) is 8.21. The molecule has 0 aliphatic carbocycles. The van der Waals surface area contributed by atoms with Crippen molar-refractivity contribution in [2.24, 2.45) is 0 Å². The lowest BCUT2D eigenvalue weighted by Gasteiger charge is -2.29. The number of aliphatic hydroxyl groups excluding tert-OH is 1. The zero-order chi connectivity index (χ0) is 15.4. The zero-order valence-electron chi connectivity index (χ0n) is 13.2. The SMILES string of the molecule is Cc1ccc([C@H](C)NC(=O)CN2CCC(O)CC2)cc1C. The van der Waals surface area contributed by atoms with Crippen LogP contribution in [0.1, 0.15) is 42.5 Å². The number of aliphatic hydroxyl groups is 1. The molecule has 1 aromatic carbocycles. The predicted molar refractivity (Wildman–Crippen MR) is 84.2 cm³/mol. The van der Waals surface area contributed by atoms with Crippen molar-refractivity contribution in [2.45, 2.75) is 45.8 Å². The minimum absolute atomic E-state index is 0.0205. The molecular weight excluding hydrogens is 264 g/mol. The minimum atomic E-state index is -0.196. The van der Waals surface area contributed by atoms with Crippen LogP contribution in [0.4, 0.5) is 0 Å². The fourth-order valence-corrected chi connectivity index (χ4v) is 2.68. The first-order valence-electron chi connectivity index (χ1n) is 7.72. The van der Waals surface area contributed by atoms with E-state index in [0.717, 1.165) is 31.5 Å². The number of nitrogens with one attached hydrogen (secondary N) is 1. The van der Waals surface area contributed by atoms with Gasteiger partial charge in [0.25, 0.3) is 0 Å². The Labute approximate surface area is 127 Å². The van der Waals surface area contributed by atoms with E-state index in [1.807, 2.05) is 6.92 Å². The van der Waals surface area contributed by atoms with Crippen LogP contribution in [0.3, 0.4) is 0 Å². The molecule has 2 N–H and O–H groups in total. The van der Waals surface area contributed by atoms with Crippen LogP contribution < -0.4 is 5.32 Å². The molecule has 21 heavy (non-hydrogen) atoms. The Kier molecular flexibility index (Phi) is 5.37. The molecule has 4 heteroatoms. The van der Waals surface area contributed by atoms with Crippen molar-refractivity contribution in [1.82, 2.24) is 10.2 Å². The van der Waals surface area contributed by atoms with Crippen LogP contribution in [-0.4, -0.2) is 41.7 Å². The van der Waals surface area contributed by atoms with Crippen LogP contribution in [0.5, 0.6) is 0 Å². The number of hydrogen-bond acceptors (Lipinski definition) is 3. The molecule has 1 saturated heterocycles. The van der Waals surface area contributed by atoms with E-state index in [-0.39, 0.29) is 18.1 Å². The van der Waals surface area contributed by atoms with Gasteiger partial charge in [-0.2, -0.15) is 0 Å². The van der Waals surface area contributed by atoms with Gasteiger partial charge in [-0.1, -0.05) is 18.2 Å². The van der Waals surface area contributed by atoms with Crippen LogP contribution in [0.25, 0.3) is 0 Å². The van der Waals surface area contributed by atoms with E-state index < -0.39 is 0 Å². The number of nitrogens with zero attached hydrogens (tertiary/aromatic N) is 1. The van der Waals surface area contributed by atoms with Gasteiger partial charge in [-0.05, 0) is 50.3 Å². The highest BCUT2D eigenvalue weighted by Crippen LogP contribution is 2.17. The zero-order valence-corrected chi connectivity index (χ0v) is 13.2. The Bertz CT molecular complexity index is 494. The molecule has 0 spiro atoms. The molecule has 0 unspecified atom stereocenters. The molecule has 1 aromatic rings. The number of carbonyl (C=O) groups excluding carboxylic acids is 1. The molecule has 1 heterocycles. The molecule has 1 fully saturated rings. The first-order chi connectivity index (χ1) is 9.95. The summed E-state index contributed by atoms with van der Waals surface area (Å²) in [6, 6.07) is 6.33. The maximum Gasteiger partial charge on any atom is 0.234 e. The van der Waals surface area contributed by atoms with Crippen LogP contribution in [0.15, 0.2) is 18.2 Å². The van der Waals surface area contributed by atoms with Gasteiger partial charge >= 0.3 is 0 Å². The number of hydrogen-bond donors (Lipinski definition) is 2. The smallest absolute Gasteiger partial charge is 0.234 e. The third-order valence-electron chi connectivity index (χ3n) is 4.33. The summed E-state index contributed by atoms with van der Waals surface area (Å²) in [4.78, 5) is 14.2. The highest BCUT2D eigenvalue weighted by atomic mass is 16.3. The lowest BCUT2D eigenvalue weighted by Crippen LogP contribution is -2.43. The molecule has 4 nitrogen and oxygen atoms in total. The number of rotatable bonds is 4. The van der Waals surface area contributed by atoms with Crippen molar-refractivity contribution < 1.29 is 9.90 Å². The highest BCUT2D eigenvalue weighted by molar-refractivity contribution is 5.78. The maximum atomic E-state index is 12.1. The van der Waals surface area contributed by atoms with E-state index in [4.69, 9.17) is 0 Å². The van der Waals surface area contributed by atoms with Gasteiger partial charge in [0.05, 0.1) is 18.7 Å². The second kappa shape index (κ2) is 7.05. The fraction of sp³-hybridized carbons (Fsp3) is 0.588. The van der Waals surface area contributed by atoms with E-state index >= 15 is 0 Å².